The van der Waals surface area contributed by atoms with Crippen molar-refractivity contribution in [2.24, 2.45) is 16.7 Å². The van der Waals surface area contributed by atoms with Gasteiger partial charge in [-0.25, -0.2) is 0 Å². The van der Waals surface area contributed by atoms with Gasteiger partial charge in [0, 0.05) is 6.54 Å². The minimum Gasteiger partial charge on any atom is -0.407 e. The first-order valence-electron chi connectivity index (χ1n) is 5.98. The molecule has 0 aliphatic heterocycles. The average molecular weight is 258 g/mol. The van der Waals surface area contributed by atoms with Crippen molar-refractivity contribution >= 4 is 17.6 Å². The molecule has 0 amide bonds. The summed E-state index contributed by atoms with van der Waals surface area (Å²) in [5.74, 6) is 1.09. The predicted molar refractivity (Wildman–Crippen MR) is 68.1 cm³/mol. The van der Waals surface area contributed by atoms with E-state index in [9.17, 15) is 0 Å². The molecule has 1 fully saturated rings. The summed E-state index contributed by atoms with van der Waals surface area (Å²) < 4.78 is 5.39. The molecule has 0 radical (unpaired) electrons. The third kappa shape index (κ3) is 2.03. The van der Waals surface area contributed by atoms with Gasteiger partial charge in [-0.2, -0.15) is 0 Å². The number of anilines is 1. The van der Waals surface area contributed by atoms with E-state index in [0.717, 1.165) is 6.54 Å². The number of hydrogen-bond acceptors (Lipinski definition) is 4. The SMILES string of the molecule is CC(Cl)c1nnc(NCC2C(C)(C)C2(C)C)o1. The molecule has 4 nitrogen and oxygen atoms in total. The standard InChI is InChI=1S/C12H20ClN3O/c1-7(13)9-15-16-10(17-9)14-6-8-11(2,3)12(8,4)5/h7-8H,6H2,1-5H3,(H,14,16). The first-order valence-corrected chi connectivity index (χ1v) is 6.42. The second kappa shape index (κ2) is 3.87. The molecule has 1 unspecified atom stereocenters. The summed E-state index contributed by atoms with van der Waals surface area (Å²) in [6.07, 6.45) is 0. The fourth-order valence-electron chi connectivity index (χ4n) is 2.50. The number of alkyl halides is 1. The van der Waals surface area contributed by atoms with Crippen LogP contribution in [0.4, 0.5) is 6.01 Å². The Kier molecular flexibility index (Phi) is 2.89. The Hall–Kier alpha value is -0.770. The van der Waals surface area contributed by atoms with Gasteiger partial charge >= 0.3 is 6.01 Å². The molecule has 1 N–H and O–H groups in total. The Labute approximate surface area is 107 Å². The second-order valence-corrected chi connectivity index (χ2v) is 6.59. The number of nitrogens with one attached hydrogen (secondary N) is 1. The zero-order valence-electron chi connectivity index (χ0n) is 11.0. The molecule has 1 aromatic heterocycles. The molecule has 2 rings (SSSR count). The highest BCUT2D eigenvalue weighted by Crippen LogP contribution is 2.68. The highest BCUT2D eigenvalue weighted by atomic mass is 35.5. The van der Waals surface area contributed by atoms with Gasteiger partial charge in [-0.05, 0) is 23.7 Å². The molecule has 5 heteroatoms. The van der Waals surface area contributed by atoms with Crippen molar-refractivity contribution in [3.8, 4) is 0 Å². The quantitative estimate of drug-likeness (QED) is 0.840. The van der Waals surface area contributed by atoms with Crippen molar-refractivity contribution < 1.29 is 4.42 Å². The van der Waals surface area contributed by atoms with Gasteiger partial charge in [0.2, 0.25) is 5.89 Å². The number of hydrogen-bond donors (Lipinski definition) is 1. The number of halogens is 1. The number of rotatable bonds is 4. The topological polar surface area (TPSA) is 51.0 Å². The summed E-state index contributed by atoms with van der Waals surface area (Å²) >= 11 is 5.86. The van der Waals surface area contributed by atoms with Gasteiger partial charge in [0.25, 0.3) is 0 Å². The minimum absolute atomic E-state index is 0.244. The Bertz CT molecular complexity index is 398. The minimum atomic E-state index is -0.244. The van der Waals surface area contributed by atoms with Crippen molar-refractivity contribution in [2.45, 2.75) is 40.0 Å². The van der Waals surface area contributed by atoms with Gasteiger partial charge in [-0.15, -0.1) is 16.7 Å². The van der Waals surface area contributed by atoms with Crippen LogP contribution in [-0.4, -0.2) is 16.7 Å². The zero-order chi connectivity index (χ0) is 12.8. The van der Waals surface area contributed by atoms with E-state index in [4.69, 9.17) is 16.0 Å². The van der Waals surface area contributed by atoms with Crippen molar-refractivity contribution in [2.75, 3.05) is 11.9 Å². The van der Waals surface area contributed by atoms with Gasteiger partial charge in [0.1, 0.15) is 5.38 Å². The van der Waals surface area contributed by atoms with E-state index in [1.165, 1.54) is 0 Å². The van der Waals surface area contributed by atoms with Crippen LogP contribution in [0.15, 0.2) is 4.42 Å². The van der Waals surface area contributed by atoms with Gasteiger partial charge in [0.05, 0.1) is 0 Å². The average Bonchev–Trinajstić information content (AvgIpc) is 2.58. The molecule has 1 aliphatic carbocycles. The van der Waals surface area contributed by atoms with E-state index in [1.807, 2.05) is 6.92 Å². The summed E-state index contributed by atoms with van der Waals surface area (Å²) in [6, 6.07) is 0.464. The largest absolute Gasteiger partial charge is 0.407 e. The van der Waals surface area contributed by atoms with Crippen LogP contribution in [0, 0.1) is 16.7 Å². The summed E-state index contributed by atoms with van der Waals surface area (Å²) in [6.45, 7) is 11.8. The predicted octanol–water partition coefficient (Wildman–Crippen LogP) is 3.46. The van der Waals surface area contributed by atoms with Crippen LogP contribution < -0.4 is 5.32 Å². The Morgan fingerprint density at radius 1 is 1.29 bits per heavy atom. The molecule has 1 heterocycles. The molecule has 1 saturated carbocycles. The van der Waals surface area contributed by atoms with Gasteiger partial charge in [0.15, 0.2) is 0 Å². The molecule has 96 valence electrons. The molecule has 1 aromatic rings. The molecule has 0 aromatic carbocycles. The summed E-state index contributed by atoms with van der Waals surface area (Å²) in [5, 5.41) is 10.7. The lowest BCUT2D eigenvalue weighted by Gasteiger charge is -2.04. The summed E-state index contributed by atoms with van der Waals surface area (Å²) in [7, 11) is 0. The van der Waals surface area contributed by atoms with E-state index in [1.54, 1.807) is 0 Å². The molecule has 0 spiro atoms. The lowest BCUT2D eigenvalue weighted by molar-refractivity contribution is 0.457. The molecule has 1 atom stereocenters. The highest BCUT2D eigenvalue weighted by Gasteiger charge is 2.64. The van der Waals surface area contributed by atoms with Crippen LogP contribution in [0.1, 0.15) is 45.9 Å². The zero-order valence-corrected chi connectivity index (χ0v) is 11.8. The summed E-state index contributed by atoms with van der Waals surface area (Å²) in [4.78, 5) is 0. The van der Waals surface area contributed by atoms with Crippen molar-refractivity contribution in [1.29, 1.82) is 0 Å². The van der Waals surface area contributed by atoms with Crippen LogP contribution in [0.5, 0.6) is 0 Å². The number of aromatic nitrogens is 2. The smallest absolute Gasteiger partial charge is 0.315 e. The van der Waals surface area contributed by atoms with Crippen molar-refractivity contribution in [3.63, 3.8) is 0 Å². The van der Waals surface area contributed by atoms with Crippen LogP contribution in [0.3, 0.4) is 0 Å². The van der Waals surface area contributed by atoms with Crippen LogP contribution in [0.25, 0.3) is 0 Å². The molecule has 0 saturated heterocycles. The van der Waals surface area contributed by atoms with Gasteiger partial charge < -0.3 is 9.73 Å². The maximum Gasteiger partial charge on any atom is 0.315 e. The molecule has 17 heavy (non-hydrogen) atoms. The fourth-order valence-corrected chi connectivity index (χ4v) is 2.59. The van der Waals surface area contributed by atoms with Crippen molar-refractivity contribution in [1.82, 2.24) is 10.2 Å². The van der Waals surface area contributed by atoms with Crippen molar-refractivity contribution in [3.05, 3.63) is 5.89 Å². The Morgan fingerprint density at radius 2 is 1.88 bits per heavy atom. The second-order valence-electron chi connectivity index (χ2n) is 5.94. The first-order chi connectivity index (χ1) is 7.76. The van der Waals surface area contributed by atoms with E-state index < -0.39 is 0 Å². The maximum absolute atomic E-state index is 5.86. The van der Waals surface area contributed by atoms with E-state index >= 15 is 0 Å². The van der Waals surface area contributed by atoms with Crippen LogP contribution >= 0.6 is 11.6 Å². The van der Waals surface area contributed by atoms with E-state index in [0.29, 0.717) is 28.7 Å². The van der Waals surface area contributed by atoms with Gasteiger partial charge in [-0.3, -0.25) is 0 Å². The molecular formula is C12H20ClN3O. The Balaban J connectivity index is 1.91. The third-order valence-corrected chi connectivity index (χ3v) is 4.74. The lowest BCUT2D eigenvalue weighted by atomic mass is 10.0. The first kappa shape index (κ1) is 12.7. The van der Waals surface area contributed by atoms with Crippen LogP contribution in [0.2, 0.25) is 0 Å². The lowest BCUT2D eigenvalue weighted by Crippen LogP contribution is -2.08. The normalized spacial score (nSPS) is 23.4. The molecule has 1 aliphatic rings. The van der Waals surface area contributed by atoms with Crippen LogP contribution in [-0.2, 0) is 0 Å². The van der Waals surface area contributed by atoms with Gasteiger partial charge in [-0.1, -0.05) is 32.8 Å². The molecular weight excluding hydrogens is 238 g/mol. The monoisotopic (exact) mass is 257 g/mol. The summed E-state index contributed by atoms with van der Waals surface area (Å²) in [5.41, 5.74) is 0.727. The Morgan fingerprint density at radius 3 is 2.29 bits per heavy atom. The molecule has 0 bridgehead atoms. The maximum atomic E-state index is 5.86. The third-order valence-electron chi connectivity index (χ3n) is 4.56. The number of nitrogens with zero attached hydrogens (tertiary/aromatic N) is 2. The van der Waals surface area contributed by atoms with E-state index in [-0.39, 0.29) is 5.38 Å². The van der Waals surface area contributed by atoms with E-state index in [2.05, 4.69) is 43.2 Å². The fraction of sp³-hybridized carbons (Fsp3) is 0.833. The highest BCUT2D eigenvalue weighted by molar-refractivity contribution is 6.20.